The number of aryl methyl sites for hydroxylation is 1. The molecule has 0 radical (unpaired) electrons. The van der Waals surface area contributed by atoms with E-state index in [1.165, 1.54) is 12.1 Å². The summed E-state index contributed by atoms with van der Waals surface area (Å²) in [5, 5.41) is 7.99. The van der Waals surface area contributed by atoms with Crippen molar-refractivity contribution >= 4 is 39.2 Å². The predicted molar refractivity (Wildman–Crippen MR) is 133 cm³/mol. The van der Waals surface area contributed by atoms with Crippen molar-refractivity contribution in [2.45, 2.75) is 31.5 Å². The van der Waals surface area contributed by atoms with Crippen LogP contribution in [-0.4, -0.2) is 29.6 Å². The largest absolute Gasteiger partial charge is 0.477 e. The second-order valence-electron chi connectivity index (χ2n) is 8.24. The number of hydrogen-bond acceptors (Lipinski definition) is 6. The van der Waals surface area contributed by atoms with Crippen molar-refractivity contribution in [3.63, 3.8) is 0 Å². The number of aliphatic carboxylic acids is 1. The molecule has 2 heterocycles. The Morgan fingerprint density at radius 3 is 2.49 bits per heavy atom. The van der Waals surface area contributed by atoms with E-state index in [0.717, 1.165) is 24.1 Å². The van der Waals surface area contributed by atoms with Gasteiger partial charge in [0.2, 0.25) is 0 Å². The van der Waals surface area contributed by atoms with Crippen LogP contribution in [-0.2, 0) is 18.0 Å². The van der Waals surface area contributed by atoms with Gasteiger partial charge in [0.25, 0.3) is 10.6 Å². The molecule has 0 aliphatic carbocycles. The Hall–Kier alpha value is -3.64. The Bertz CT molecular complexity index is 1660. The molecule has 0 saturated carbocycles. The van der Waals surface area contributed by atoms with Gasteiger partial charge < -0.3 is 9.84 Å². The number of rotatable bonds is 6. The summed E-state index contributed by atoms with van der Waals surface area (Å²) in [6, 6.07) is 9.82. The number of carboxylic acid groups (broad SMARTS) is 1. The van der Waals surface area contributed by atoms with Crippen molar-refractivity contribution in [2.75, 3.05) is 0 Å². The summed E-state index contributed by atoms with van der Waals surface area (Å²) in [4.78, 5) is 37.1. The molecule has 13 heteroatoms. The summed E-state index contributed by atoms with van der Waals surface area (Å²) in [6.45, 7) is 3.37. The third-order valence-corrected chi connectivity index (χ3v) is 7.09. The molecule has 4 aromatic rings. The van der Waals surface area contributed by atoms with Crippen LogP contribution in [0.2, 0.25) is 0 Å². The molecule has 1 unspecified atom stereocenters. The number of benzene rings is 2. The van der Waals surface area contributed by atoms with Crippen molar-refractivity contribution in [3.8, 4) is 22.7 Å². The number of hydrogen-bond donors (Lipinski definition) is 1. The Morgan fingerprint density at radius 1 is 1.16 bits per heavy atom. The van der Waals surface area contributed by atoms with Crippen LogP contribution < -0.4 is 16.0 Å². The van der Waals surface area contributed by atoms with Gasteiger partial charge in [-0.3, -0.25) is 9.36 Å². The number of nitrogens with zero attached hydrogens (tertiary/aromatic N) is 3. The van der Waals surface area contributed by atoms with Crippen LogP contribution in [0.25, 0.3) is 27.0 Å². The molecule has 2 aromatic carbocycles. The fourth-order valence-corrected chi connectivity index (χ4v) is 4.61. The average molecular weight is 554 g/mol. The van der Waals surface area contributed by atoms with E-state index in [1.54, 1.807) is 31.2 Å². The highest BCUT2D eigenvalue weighted by Crippen LogP contribution is 2.40. The third-order valence-electron chi connectivity index (χ3n) is 5.76. The van der Waals surface area contributed by atoms with Gasteiger partial charge in [0.1, 0.15) is 11.4 Å². The van der Waals surface area contributed by atoms with Crippen molar-refractivity contribution < 1.29 is 27.8 Å². The van der Waals surface area contributed by atoms with Gasteiger partial charge in [-0.15, -0.1) is 0 Å². The van der Waals surface area contributed by atoms with Gasteiger partial charge in [0, 0.05) is 30.5 Å². The van der Waals surface area contributed by atoms with Gasteiger partial charge in [0.15, 0.2) is 0 Å². The summed E-state index contributed by atoms with van der Waals surface area (Å²) in [6.07, 6.45) is -4.92. The second-order valence-corrected chi connectivity index (χ2v) is 9.66. The molecule has 0 spiro atoms. The van der Waals surface area contributed by atoms with Gasteiger partial charge in [-0.1, -0.05) is 30.2 Å². The first-order chi connectivity index (χ1) is 17.3. The number of aromatic nitrogens is 3. The Morgan fingerprint density at radius 2 is 1.86 bits per heavy atom. The first-order valence-corrected chi connectivity index (χ1v) is 11.9. The highest BCUT2D eigenvalue weighted by molar-refractivity contribution is 7.13. The lowest BCUT2D eigenvalue weighted by atomic mass is 10.0. The van der Waals surface area contributed by atoms with Gasteiger partial charge in [-0.25, -0.2) is 14.2 Å². The molecule has 0 aliphatic rings. The summed E-state index contributed by atoms with van der Waals surface area (Å²) >= 11 is 7.29. The maximum Gasteiger partial charge on any atom is 0.431 e. The van der Waals surface area contributed by atoms with Crippen LogP contribution in [0.1, 0.15) is 24.6 Å². The molecule has 0 saturated heterocycles. The molecule has 0 bridgehead atoms. The second kappa shape index (κ2) is 9.34. The van der Waals surface area contributed by atoms with E-state index in [4.69, 9.17) is 16.3 Å². The standard InChI is InChI=1S/C24H19ClF3N3O5S/c1-4-23(25,21(33)34)36-16-7-5-12(2)9-14(16)20-15-10-13(6-8-17(15)37-29-20)31-19(32)11-18(24(26,27)28)30(3)22(31)35/h5-11H,4H2,1-3H3,(H,33,34). The monoisotopic (exact) mass is 553 g/mol. The molecule has 1 atom stereocenters. The van der Waals surface area contributed by atoms with E-state index in [-0.39, 0.29) is 17.9 Å². The maximum absolute atomic E-state index is 13.2. The SMILES string of the molecule is CCC(Cl)(Oc1ccc(C)cc1-c1nsc2ccc(-n3c(=O)cc(C(F)(F)F)n(C)c3=O)cc12)C(=O)O. The number of ether oxygens (including phenoxy) is 1. The summed E-state index contributed by atoms with van der Waals surface area (Å²) in [5.74, 6) is -1.23. The molecule has 4 rings (SSSR count). The average Bonchev–Trinajstić information content (AvgIpc) is 3.25. The van der Waals surface area contributed by atoms with Gasteiger partial charge in [0.05, 0.1) is 16.1 Å². The molecular weight excluding hydrogens is 535 g/mol. The fraction of sp³-hybridized carbons (Fsp3) is 0.250. The zero-order chi connectivity index (χ0) is 27.3. The molecule has 194 valence electrons. The van der Waals surface area contributed by atoms with Crippen LogP contribution in [0.4, 0.5) is 13.2 Å². The van der Waals surface area contributed by atoms with Crippen molar-refractivity contribution in [2.24, 2.45) is 7.05 Å². The van der Waals surface area contributed by atoms with Crippen LogP contribution in [0.5, 0.6) is 5.75 Å². The van der Waals surface area contributed by atoms with Crippen LogP contribution >= 0.6 is 23.1 Å². The molecule has 37 heavy (non-hydrogen) atoms. The predicted octanol–water partition coefficient (Wildman–Crippen LogP) is 4.95. The van der Waals surface area contributed by atoms with E-state index < -0.39 is 34.1 Å². The van der Waals surface area contributed by atoms with E-state index in [9.17, 15) is 32.7 Å². The third kappa shape index (κ3) is 4.74. The van der Waals surface area contributed by atoms with Crippen molar-refractivity contribution in [3.05, 3.63) is 74.6 Å². The first kappa shape index (κ1) is 26.4. The minimum absolute atomic E-state index is 0.0363. The number of alkyl halides is 4. The Kier molecular flexibility index (Phi) is 6.67. The topological polar surface area (TPSA) is 103 Å². The van der Waals surface area contributed by atoms with Gasteiger partial charge >= 0.3 is 17.8 Å². The number of fused-ring (bicyclic) bond motifs is 1. The zero-order valence-electron chi connectivity index (χ0n) is 19.6. The van der Waals surface area contributed by atoms with Crippen molar-refractivity contribution in [1.29, 1.82) is 0 Å². The summed E-state index contributed by atoms with van der Waals surface area (Å²) < 4.78 is 51.5. The number of halogens is 4. The van der Waals surface area contributed by atoms with E-state index in [1.807, 2.05) is 6.92 Å². The maximum atomic E-state index is 13.2. The van der Waals surface area contributed by atoms with Crippen LogP contribution in [0, 0.1) is 6.92 Å². The lowest BCUT2D eigenvalue weighted by Gasteiger charge is -2.24. The lowest BCUT2D eigenvalue weighted by molar-refractivity contribution is -0.148. The smallest absolute Gasteiger partial charge is 0.431 e. The van der Waals surface area contributed by atoms with E-state index >= 15 is 0 Å². The molecule has 1 N–H and O–H groups in total. The van der Waals surface area contributed by atoms with E-state index in [2.05, 4.69) is 4.37 Å². The highest BCUT2D eigenvalue weighted by atomic mass is 35.5. The fourth-order valence-electron chi connectivity index (χ4n) is 3.75. The van der Waals surface area contributed by atoms with E-state index in [0.29, 0.717) is 36.5 Å². The minimum atomic E-state index is -4.88. The first-order valence-electron chi connectivity index (χ1n) is 10.8. The highest BCUT2D eigenvalue weighted by Gasteiger charge is 2.38. The summed E-state index contributed by atoms with van der Waals surface area (Å²) in [5.41, 5.74) is -2.06. The molecule has 2 aromatic heterocycles. The Labute approximate surface area is 216 Å². The molecule has 0 fully saturated rings. The quantitative estimate of drug-likeness (QED) is 0.339. The van der Waals surface area contributed by atoms with Crippen molar-refractivity contribution in [1.82, 2.24) is 13.5 Å². The number of carboxylic acids is 1. The summed E-state index contributed by atoms with van der Waals surface area (Å²) in [7, 11) is 0.933. The minimum Gasteiger partial charge on any atom is -0.477 e. The van der Waals surface area contributed by atoms with Gasteiger partial charge in [-0.2, -0.15) is 17.5 Å². The normalized spacial score (nSPS) is 13.5. The molecule has 0 amide bonds. The van der Waals surface area contributed by atoms with Crippen LogP contribution in [0.3, 0.4) is 0 Å². The molecule has 0 aliphatic heterocycles. The van der Waals surface area contributed by atoms with Crippen LogP contribution in [0.15, 0.2) is 52.1 Å². The van der Waals surface area contributed by atoms with Gasteiger partial charge in [-0.05, 0) is 48.8 Å². The molecular formula is C24H19ClF3N3O5S. The number of carbonyl (C=O) groups is 1. The molecule has 8 nitrogen and oxygen atoms in total. The zero-order valence-corrected chi connectivity index (χ0v) is 21.2. The Balaban J connectivity index is 1.92. The lowest BCUT2D eigenvalue weighted by Crippen LogP contribution is -2.40.